The zero-order valence-electron chi connectivity index (χ0n) is 9.85. The summed E-state index contributed by atoms with van der Waals surface area (Å²) in [5, 5.41) is 0. The maximum Gasteiger partial charge on any atom is 0.167 e. The number of methoxy groups -OCH3 is 1. The summed E-state index contributed by atoms with van der Waals surface area (Å²) in [6.07, 6.45) is 0. The first-order valence-corrected chi connectivity index (χ1v) is 4.91. The minimum Gasteiger partial charge on any atom is -0.494 e. The highest BCUT2D eigenvalue weighted by Gasteiger charge is 2.09. The average Bonchev–Trinajstić information content (AvgIpc) is 2.24. The molecule has 2 nitrogen and oxygen atoms in total. The smallest absolute Gasteiger partial charge is 0.167 e. The fourth-order valence-corrected chi connectivity index (χ4v) is 1.09. The summed E-state index contributed by atoms with van der Waals surface area (Å²) in [5.41, 5.74) is 0.889. The lowest BCUT2D eigenvalue weighted by Crippen LogP contribution is -1.98. The van der Waals surface area contributed by atoms with Gasteiger partial charge in [0, 0.05) is 5.56 Å². The number of benzene rings is 1. The Bertz CT molecular complexity index is 346. The van der Waals surface area contributed by atoms with Crippen molar-refractivity contribution < 1.29 is 13.9 Å². The second-order valence-electron chi connectivity index (χ2n) is 2.87. The summed E-state index contributed by atoms with van der Waals surface area (Å²) in [6, 6.07) is 2.92. The van der Waals surface area contributed by atoms with Gasteiger partial charge in [-0.05, 0) is 31.5 Å². The van der Waals surface area contributed by atoms with E-state index in [9.17, 15) is 9.18 Å². The van der Waals surface area contributed by atoms with Crippen LogP contribution in [0.2, 0.25) is 0 Å². The van der Waals surface area contributed by atoms with Gasteiger partial charge in [0.05, 0.1) is 7.11 Å². The number of rotatable bonds is 2. The second kappa shape index (κ2) is 6.17. The summed E-state index contributed by atoms with van der Waals surface area (Å²) in [5.74, 6) is -0.390. The summed E-state index contributed by atoms with van der Waals surface area (Å²) in [7, 11) is 1.38. The number of ether oxygens (including phenoxy) is 1. The molecule has 1 rings (SSSR count). The first kappa shape index (κ1) is 13.6. The maximum atomic E-state index is 13.2. The molecule has 0 saturated carbocycles. The number of halogens is 1. The molecule has 3 heteroatoms. The van der Waals surface area contributed by atoms with Crippen LogP contribution in [-0.2, 0) is 0 Å². The molecular weight excluding hydrogens is 195 g/mol. The Kier molecular flexibility index (Phi) is 5.60. The molecule has 0 unspecified atom stereocenters. The third-order valence-electron chi connectivity index (χ3n) is 1.85. The van der Waals surface area contributed by atoms with E-state index in [2.05, 4.69) is 0 Å². The van der Waals surface area contributed by atoms with Gasteiger partial charge >= 0.3 is 0 Å². The van der Waals surface area contributed by atoms with Crippen LogP contribution in [0.5, 0.6) is 5.75 Å². The fourth-order valence-electron chi connectivity index (χ4n) is 1.09. The molecule has 84 valence electrons. The molecule has 0 aliphatic rings. The van der Waals surface area contributed by atoms with Crippen LogP contribution >= 0.6 is 0 Å². The molecule has 1 aromatic rings. The Morgan fingerprint density at radius 3 is 2.27 bits per heavy atom. The van der Waals surface area contributed by atoms with E-state index in [0.29, 0.717) is 11.1 Å². The van der Waals surface area contributed by atoms with Crippen molar-refractivity contribution in [2.75, 3.05) is 7.11 Å². The van der Waals surface area contributed by atoms with Gasteiger partial charge in [0.15, 0.2) is 17.3 Å². The van der Waals surface area contributed by atoms with Crippen LogP contribution in [0.25, 0.3) is 0 Å². The number of Topliss-reactive ketones (excluding diaryl/α,β-unsaturated/α-hetero) is 1. The van der Waals surface area contributed by atoms with Gasteiger partial charge in [-0.3, -0.25) is 4.79 Å². The molecule has 0 saturated heterocycles. The monoisotopic (exact) mass is 212 g/mol. The molecule has 0 radical (unpaired) electrons. The Labute approximate surface area is 90.1 Å². The van der Waals surface area contributed by atoms with E-state index in [1.165, 1.54) is 26.2 Å². The van der Waals surface area contributed by atoms with E-state index < -0.39 is 5.82 Å². The minimum absolute atomic E-state index is 0.0959. The van der Waals surface area contributed by atoms with E-state index in [-0.39, 0.29) is 11.5 Å². The van der Waals surface area contributed by atoms with Crippen LogP contribution < -0.4 is 4.74 Å². The molecule has 0 aromatic heterocycles. The highest BCUT2D eigenvalue weighted by Crippen LogP contribution is 2.22. The Hall–Kier alpha value is -1.38. The Balaban J connectivity index is 0.000000921. The summed E-state index contributed by atoms with van der Waals surface area (Å²) in [4.78, 5) is 11.0. The van der Waals surface area contributed by atoms with E-state index in [1.54, 1.807) is 6.92 Å². The Morgan fingerprint density at radius 2 is 1.87 bits per heavy atom. The van der Waals surface area contributed by atoms with Crippen molar-refractivity contribution in [1.82, 2.24) is 0 Å². The lowest BCUT2D eigenvalue weighted by molar-refractivity contribution is 0.101. The predicted molar refractivity (Wildman–Crippen MR) is 59.0 cm³/mol. The van der Waals surface area contributed by atoms with Gasteiger partial charge in [0.2, 0.25) is 0 Å². The van der Waals surface area contributed by atoms with Gasteiger partial charge in [-0.1, -0.05) is 13.8 Å². The van der Waals surface area contributed by atoms with Crippen molar-refractivity contribution in [3.8, 4) is 5.75 Å². The SMILES string of the molecule is CC.COc1cc(C(C)=O)cc(C)c1F. The van der Waals surface area contributed by atoms with Gasteiger partial charge in [-0.15, -0.1) is 0 Å². The molecule has 0 N–H and O–H groups in total. The fraction of sp³-hybridized carbons (Fsp3) is 0.417. The number of carbonyl (C=O) groups is 1. The number of aryl methyl sites for hydroxylation is 1. The number of ketones is 1. The molecule has 0 bridgehead atoms. The van der Waals surface area contributed by atoms with Crippen molar-refractivity contribution in [3.05, 3.63) is 29.1 Å². The van der Waals surface area contributed by atoms with Crippen molar-refractivity contribution in [2.24, 2.45) is 0 Å². The summed E-state index contributed by atoms with van der Waals surface area (Å²) < 4.78 is 18.0. The molecule has 0 heterocycles. The molecule has 0 atom stereocenters. The van der Waals surface area contributed by atoms with E-state index >= 15 is 0 Å². The number of hydrogen-bond acceptors (Lipinski definition) is 2. The van der Waals surface area contributed by atoms with Crippen molar-refractivity contribution in [1.29, 1.82) is 0 Å². The molecule has 0 amide bonds. The third kappa shape index (κ3) is 3.35. The zero-order chi connectivity index (χ0) is 12.0. The van der Waals surface area contributed by atoms with Gasteiger partial charge in [-0.2, -0.15) is 0 Å². The molecule has 15 heavy (non-hydrogen) atoms. The molecule has 1 aromatic carbocycles. The number of hydrogen-bond donors (Lipinski definition) is 0. The Morgan fingerprint density at radius 1 is 1.33 bits per heavy atom. The van der Waals surface area contributed by atoms with E-state index in [1.807, 2.05) is 13.8 Å². The molecule has 0 aliphatic carbocycles. The van der Waals surface area contributed by atoms with Crippen molar-refractivity contribution in [3.63, 3.8) is 0 Å². The molecular formula is C12H17FO2. The van der Waals surface area contributed by atoms with Gasteiger partial charge < -0.3 is 4.74 Å². The van der Waals surface area contributed by atoms with Crippen LogP contribution in [0.4, 0.5) is 4.39 Å². The third-order valence-corrected chi connectivity index (χ3v) is 1.85. The number of carbonyl (C=O) groups excluding carboxylic acids is 1. The maximum absolute atomic E-state index is 13.2. The van der Waals surface area contributed by atoms with Gasteiger partial charge in [0.25, 0.3) is 0 Å². The lowest BCUT2D eigenvalue weighted by atomic mass is 10.1. The van der Waals surface area contributed by atoms with Crippen LogP contribution in [0.1, 0.15) is 36.7 Å². The first-order valence-electron chi connectivity index (χ1n) is 4.91. The van der Waals surface area contributed by atoms with Crippen LogP contribution in [-0.4, -0.2) is 12.9 Å². The standard InChI is InChI=1S/C10H11FO2.C2H6/c1-6-4-8(7(2)12)5-9(13-3)10(6)11;1-2/h4-5H,1-3H3;1-2H3. The van der Waals surface area contributed by atoms with Crippen LogP contribution in [0.15, 0.2) is 12.1 Å². The zero-order valence-corrected chi connectivity index (χ0v) is 9.85. The summed E-state index contributed by atoms with van der Waals surface area (Å²) in [6.45, 7) is 7.04. The molecule has 0 aliphatic heterocycles. The normalized spacial score (nSPS) is 8.93. The second-order valence-corrected chi connectivity index (χ2v) is 2.87. The average molecular weight is 212 g/mol. The van der Waals surface area contributed by atoms with Gasteiger partial charge in [0.1, 0.15) is 0 Å². The minimum atomic E-state index is -0.410. The topological polar surface area (TPSA) is 26.3 Å². The quantitative estimate of drug-likeness (QED) is 0.702. The van der Waals surface area contributed by atoms with Crippen LogP contribution in [0.3, 0.4) is 0 Å². The van der Waals surface area contributed by atoms with E-state index in [4.69, 9.17) is 4.74 Å². The highest BCUT2D eigenvalue weighted by molar-refractivity contribution is 5.94. The summed E-state index contributed by atoms with van der Waals surface area (Å²) >= 11 is 0. The molecule has 0 fully saturated rings. The lowest BCUT2D eigenvalue weighted by Gasteiger charge is -2.06. The van der Waals surface area contributed by atoms with E-state index in [0.717, 1.165) is 0 Å². The van der Waals surface area contributed by atoms with Crippen molar-refractivity contribution >= 4 is 5.78 Å². The predicted octanol–water partition coefficient (Wildman–Crippen LogP) is 3.37. The largest absolute Gasteiger partial charge is 0.494 e. The highest BCUT2D eigenvalue weighted by atomic mass is 19.1. The van der Waals surface area contributed by atoms with Crippen molar-refractivity contribution in [2.45, 2.75) is 27.7 Å². The van der Waals surface area contributed by atoms with Gasteiger partial charge in [-0.25, -0.2) is 4.39 Å². The molecule has 0 spiro atoms. The van der Waals surface area contributed by atoms with Crippen LogP contribution in [0, 0.1) is 12.7 Å². The first-order chi connectivity index (χ1) is 7.06.